The molecule has 0 radical (unpaired) electrons. The number of allylic oxidation sites excluding steroid dienone is 1. The molecule has 0 aromatic heterocycles. The summed E-state index contributed by atoms with van der Waals surface area (Å²) < 4.78 is 16.7. The maximum absolute atomic E-state index is 13.2. The van der Waals surface area contributed by atoms with E-state index in [1.807, 2.05) is 0 Å². The maximum Gasteiger partial charge on any atom is 0.411 e. The second kappa shape index (κ2) is 9.86. The predicted molar refractivity (Wildman–Crippen MR) is 123 cm³/mol. The lowest BCUT2D eigenvalue weighted by atomic mass is 9.73. The summed E-state index contributed by atoms with van der Waals surface area (Å²) >= 11 is 0. The van der Waals surface area contributed by atoms with E-state index in [0.717, 1.165) is 0 Å². The molecule has 0 spiro atoms. The lowest BCUT2D eigenvalue weighted by molar-refractivity contribution is -0.151. The second-order valence-electron chi connectivity index (χ2n) is 10.8. The summed E-state index contributed by atoms with van der Waals surface area (Å²) in [6.45, 7) is 20.2. The van der Waals surface area contributed by atoms with E-state index in [9.17, 15) is 14.4 Å². The van der Waals surface area contributed by atoms with Gasteiger partial charge in [-0.3, -0.25) is 9.69 Å². The molecule has 7 nitrogen and oxygen atoms in total. The van der Waals surface area contributed by atoms with Crippen LogP contribution in [0.5, 0.6) is 0 Å². The molecule has 1 aliphatic heterocycles. The maximum atomic E-state index is 13.2. The van der Waals surface area contributed by atoms with Crippen molar-refractivity contribution in [2.75, 3.05) is 20.3 Å². The van der Waals surface area contributed by atoms with Crippen LogP contribution in [-0.4, -0.2) is 63.0 Å². The number of likely N-dealkylation sites (tertiary alicyclic amines) is 1. The topological polar surface area (TPSA) is 82.1 Å². The van der Waals surface area contributed by atoms with Crippen molar-refractivity contribution < 1.29 is 28.3 Å². The fourth-order valence-corrected chi connectivity index (χ4v) is 4.69. The smallest absolute Gasteiger partial charge is 0.411 e. The SMILES string of the molecule is C=CC[C@]1(CCCO[Si](C)(C)C(C)(C)C)C(=O)CN(C(=O)OC(C)(C)C)[C@@H]1C(=O)OC. The Bertz CT molecular complexity index is 691. The van der Waals surface area contributed by atoms with E-state index < -0.39 is 37.4 Å². The number of hydrogen-bond acceptors (Lipinski definition) is 6. The highest BCUT2D eigenvalue weighted by Gasteiger charge is 2.59. The number of hydrogen-bond donors (Lipinski definition) is 0. The van der Waals surface area contributed by atoms with Crippen LogP contribution in [0.2, 0.25) is 18.1 Å². The number of nitrogens with zero attached hydrogens (tertiary/aromatic N) is 1. The third-order valence-electron chi connectivity index (χ3n) is 6.30. The molecule has 1 saturated heterocycles. The van der Waals surface area contributed by atoms with Gasteiger partial charge in [0.25, 0.3) is 0 Å². The van der Waals surface area contributed by atoms with Crippen molar-refractivity contribution in [3.8, 4) is 0 Å². The first-order valence-corrected chi connectivity index (χ1v) is 13.8. The Labute approximate surface area is 188 Å². The molecule has 0 N–H and O–H groups in total. The van der Waals surface area contributed by atoms with Crippen molar-refractivity contribution in [1.29, 1.82) is 0 Å². The molecule has 1 aliphatic rings. The molecule has 0 aliphatic carbocycles. The highest BCUT2D eigenvalue weighted by molar-refractivity contribution is 6.74. The van der Waals surface area contributed by atoms with Gasteiger partial charge in [-0.25, -0.2) is 9.59 Å². The number of rotatable bonds is 8. The number of methoxy groups -OCH3 is 1. The third kappa shape index (κ3) is 6.41. The minimum Gasteiger partial charge on any atom is -0.467 e. The summed E-state index contributed by atoms with van der Waals surface area (Å²) in [7, 11) is -0.665. The summed E-state index contributed by atoms with van der Waals surface area (Å²) in [6.07, 6.45) is 2.18. The Kier molecular flexibility index (Phi) is 8.70. The fourth-order valence-electron chi connectivity index (χ4n) is 3.60. The summed E-state index contributed by atoms with van der Waals surface area (Å²) in [6, 6.07) is -1.05. The van der Waals surface area contributed by atoms with Gasteiger partial charge in [0.1, 0.15) is 11.6 Å². The third-order valence-corrected chi connectivity index (χ3v) is 10.8. The molecule has 0 unspecified atom stereocenters. The molecule has 178 valence electrons. The van der Waals surface area contributed by atoms with E-state index in [4.69, 9.17) is 13.9 Å². The molecule has 8 heteroatoms. The predicted octanol–water partition coefficient (Wildman–Crippen LogP) is 4.71. The molecule has 1 heterocycles. The summed E-state index contributed by atoms with van der Waals surface area (Å²) in [5.74, 6) is -0.801. The van der Waals surface area contributed by atoms with Gasteiger partial charge in [-0.05, 0) is 58.2 Å². The lowest BCUT2D eigenvalue weighted by Gasteiger charge is -2.37. The molecular weight excluding hydrogens is 414 g/mol. The van der Waals surface area contributed by atoms with E-state index in [2.05, 4.69) is 40.4 Å². The Morgan fingerprint density at radius 3 is 2.26 bits per heavy atom. The van der Waals surface area contributed by atoms with E-state index in [1.165, 1.54) is 12.0 Å². The van der Waals surface area contributed by atoms with Crippen LogP contribution >= 0.6 is 0 Å². The first kappa shape index (κ1) is 27.4. The standard InChI is InChI=1S/C23H41NO6Si/c1-11-13-23(14-12-15-29-31(9,10)22(5,6)7)17(25)16-24(18(23)19(26)28-8)20(27)30-21(2,3)4/h11,18H,1,12-16H2,2-10H3/t18-,23+/m1/s1. The Balaban J connectivity index is 3.14. The molecule has 0 aromatic carbocycles. The van der Waals surface area contributed by atoms with Gasteiger partial charge in [-0.1, -0.05) is 26.8 Å². The molecule has 1 rings (SSSR count). The van der Waals surface area contributed by atoms with E-state index in [0.29, 0.717) is 19.4 Å². The normalized spacial score (nSPS) is 22.4. The minimum absolute atomic E-state index is 0.0804. The molecule has 31 heavy (non-hydrogen) atoms. The highest BCUT2D eigenvalue weighted by atomic mass is 28.4. The van der Waals surface area contributed by atoms with Crippen LogP contribution in [0.4, 0.5) is 4.79 Å². The number of carbonyl (C=O) groups excluding carboxylic acids is 3. The average Bonchev–Trinajstić information content (AvgIpc) is 2.89. The van der Waals surface area contributed by atoms with Gasteiger partial charge in [-0.15, -0.1) is 6.58 Å². The summed E-state index contributed by atoms with van der Waals surface area (Å²) in [5, 5.41) is 0.0804. The first-order chi connectivity index (χ1) is 14.0. The Morgan fingerprint density at radius 2 is 1.81 bits per heavy atom. The van der Waals surface area contributed by atoms with Crippen LogP contribution in [-0.2, 0) is 23.5 Å². The zero-order valence-corrected chi connectivity index (χ0v) is 21.8. The van der Waals surface area contributed by atoms with Crippen molar-refractivity contribution in [3.63, 3.8) is 0 Å². The van der Waals surface area contributed by atoms with Gasteiger partial charge in [0.05, 0.1) is 19.1 Å². The quantitative estimate of drug-likeness (QED) is 0.228. The molecule has 1 amide bonds. The molecular formula is C23H41NO6Si. The van der Waals surface area contributed by atoms with Crippen molar-refractivity contribution in [3.05, 3.63) is 12.7 Å². The number of ketones is 1. The van der Waals surface area contributed by atoms with Crippen LogP contribution in [0.15, 0.2) is 12.7 Å². The highest BCUT2D eigenvalue weighted by Crippen LogP contribution is 2.43. The number of Topliss-reactive ketones (excluding diaryl/α,β-unsaturated/α-hetero) is 1. The van der Waals surface area contributed by atoms with E-state index in [1.54, 1.807) is 26.8 Å². The van der Waals surface area contributed by atoms with E-state index in [-0.39, 0.29) is 23.8 Å². The lowest BCUT2D eigenvalue weighted by Crippen LogP contribution is -2.50. The number of carbonyl (C=O) groups is 3. The zero-order chi connectivity index (χ0) is 24.3. The summed E-state index contributed by atoms with van der Waals surface area (Å²) in [4.78, 5) is 40.0. The first-order valence-electron chi connectivity index (χ1n) is 10.9. The number of esters is 1. The van der Waals surface area contributed by atoms with Crippen LogP contribution in [0.25, 0.3) is 0 Å². The van der Waals surface area contributed by atoms with Crippen LogP contribution in [0.1, 0.15) is 60.8 Å². The van der Waals surface area contributed by atoms with Gasteiger partial charge in [0.2, 0.25) is 0 Å². The van der Waals surface area contributed by atoms with Gasteiger partial charge in [-0.2, -0.15) is 0 Å². The monoisotopic (exact) mass is 455 g/mol. The molecule has 1 fully saturated rings. The van der Waals surface area contributed by atoms with Crippen LogP contribution in [0, 0.1) is 5.41 Å². The average molecular weight is 456 g/mol. The van der Waals surface area contributed by atoms with Gasteiger partial charge in [0.15, 0.2) is 14.1 Å². The Morgan fingerprint density at radius 1 is 1.23 bits per heavy atom. The Hall–Kier alpha value is -1.67. The van der Waals surface area contributed by atoms with Crippen molar-refractivity contribution in [2.45, 2.75) is 90.6 Å². The van der Waals surface area contributed by atoms with Gasteiger partial charge in [0, 0.05) is 6.61 Å². The molecule has 0 aromatic rings. The van der Waals surface area contributed by atoms with Crippen molar-refractivity contribution >= 4 is 26.2 Å². The van der Waals surface area contributed by atoms with Gasteiger partial charge < -0.3 is 13.9 Å². The number of amides is 1. The number of ether oxygens (including phenoxy) is 2. The van der Waals surface area contributed by atoms with E-state index >= 15 is 0 Å². The summed E-state index contributed by atoms with van der Waals surface area (Å²) in [5.41, 5.74) is -1.84. The molecule has 0 bridgehead atoms. The van der Waals surface area contributed by atoms with Gasteiger partial charge >= 0.3 is 12.1 Å². The second-order valence-corrected chi connectivity index (χ2v) is 15.6. The van der Waals surface area contributed by atoms with Crippen molar-refractivity contribution in [1.82, 2.24) is 4.90 Å². The van der Waals surface area contributed by atoms with Crippen LogP contribution < -0.4 is 0 Å². The zero-order valence-electron chi connectivity index (χ0n) is 20.8. The van der Waals surface area contributed by atoms with Crippen molar-refractivity contribution in [2.24, 2.45) is 5.41 Å². The molecule has 0 saturated carbocycles. The largest absolute Gasteiger partial charge is 0.467 e. The minimum atomic E-state index is -1.93. The molecule has 2 atom stereocenters. The van der Waals surface area contributed by atoms with Crippen LogP contribution in [0.3, 0.4) is 0 Å². The fraction of sp³-hybridized carbons (Fsp3) is 0.783.